The zero-order valence-electron chi connectivity index (χ0n) is 19.6. The Morgan fingerprint density at radius 1 is 1.12 bits per heavy atom. The van der Waals surface area contributed by atoms with Gasteiger partial charge in [-0.15, -0.1) is 0 Å². The minimum atomic E-state index is -0.00243. The van der Waals surface area contributed by atoms with Gasteiger partial charge in [0.25, 0.3) is 5.91 Å². The molecule has 2 aromatic rings. The first-order valence-electron chi connectivity index (χ1n) is 11.2. The molecule has 0 saturated carbocycles. The van der Waals surface area contributed by atoms with Gasteiger partial charge in [0.2, 0.25) is 0 Å². The number of rotatable bonds is 8. The third-order valence-electron chi connectivity index (χ3n) is 5.41. The highest BCUT2D eigenvalue weighted by Gasteiger charge is 2.25. The molecule has 8 heteroatoms. The van der Waals surface area contributed by atoms with Crippen molar-refractivity contribution in [3.63, 3.8) is 0 Å². The second-order valence-corrected chi connectivity index (χ2v) is 8.09. The van der Waals surface area contributed by atoms with Gasteiger partial charge in [-0.2, -0.15) is 0 Å². The molecular formula is C24H35N5O3. The highest BCUT2D eigenvalue weighted by Crippen LogP contribution is 2.23. The minimum Gasteiger partial charge on any atom is -0.465 e. The topological polar surface area (TPSA) is 82.3 Å². The average Bonchev–Trinajstić information content (AvgIpc) is 3.24. The van der Waals surface area contributed by atoms with Crippen molar-refractivity contribution in [1.29, 1.82) is 0 Å². The molecule has 1 fully saturated rings. The summed E-state index contributed by atoms with van der Waals surface area (Å²) in [7, 11) is 3.51. The van der Waals surface area contributed by atoms with Crippen LogP contribution in [0.4, 0.5) is 0 Å². The highest BCUT2D eigenvalue weighted by molar-refractivity contribution is 5.93. The van der Waals surface area contributed by atoms with Crippen molar-refractivity contribution in [1.82, 2.24) is 20.4 Å². The SMILES string of the molecule is CCNC(=NCc1ccc(C(=O)N(C)C)cc1)NCC(c1ccc(C)o1)N1CCOCC1. The number of benzene rings is 1. The van der Waals surface area contributed by atoms with E-state index in [1.165, 1.54) is 0 Å². The molecule has 1 aromatic heterocycles. The van der Waals surface area contributed by atoms with E-state index in [2.05, 4.69) is 21.6 Å². The van der Waals surface area contributed by atoms with Gasteiger partial charge in [-0.1, -0.05) is 12.1 Å². The lowest BCUT2D eigenvalue weighted by Crippen LogP contribution is -2.46. The molecule has 1 atom stereocenters. The van der Waals surface area contributed by atoms with Gasteiger partial charge >= 0.3 is 0 Å². The Morgan fingerprint density at radius 2 is 1.84 bits per heavy atom. The van der Waals surface area contributed by atoms with Gasteiger partial charge in [-0.3, -0.25) is 9.69 Å². The Kier molecular flexibility index (Phi) is 8.70. The molecule has 1 saturated heterocycles. The average molecular weight is 442 g/mol. The van der Waals surface area contributed by atoms with Crippen molar-refractivity contribution in [2.45, 2.75) is 26.4 Å². The zero-order chi connectivity index (χ0) is 22.9. The number of guanidine groups is 1. The monoisotopic (exact) mass is 441 g/mol. The van der Waals surface area contributed by atoms with Crippen molar-refractivity contribution in [2.24, 2.45) is 4.99 Å². The first-order chi connectivity index (χ1) is 15.5. The van der Waals surface area contributed by atoms with Crippen LogP contribution in [0.2, 0.25) is 0 Å². The van der Waals surface area contributed by atoms with E-state index in [1.807, 2.05) is 44.2 Å². The summed E-state index contributed by atoms with van der Waals surface area (Å²) in [6.45, 7) is 9.19. The molecule has 3 rings (SSSR count). The third kappa shape index (κ3) is 6.58. The summed E-state index contributed by atoms with van der Waals surface area (Å²) in [6.07, 6.45) is 0. The number of hydrogen-bond acceptors (Lipinski definition) is 5. The molecule has 1 aliphatic rings. The molecule has 1 aromatic carbocycles. The van der Waals surface area contributed by atoms with Crippen LogP contribution >= 0.6 is 0 Å². The van der Waals surface area contributed by atoms with E-state index < -0.39 is 0 Å². The fourth-order valence-corrected chi connectivity index (χ4v) is 3.65. The van der Waals surface area contributed by atoms with Crippen molar-refractivity contribution in [3.8, 4) is 0 Å². The minimum absolute atomic E-state index is 0.00243. The smallest absolute Gasteiger partial charge is 0.253 e. The number of carbonyl (C=O) groups is 1. The van der Waals surface area contributed by atoms with Crippen LogP contribution in [0.1, 0.15) is 40.4 Å². The number of ether oxygens (including phenoxy) is 1. The number of aliphatic imine (C=N–C) groups is 1. The van der Waals surface area contributed by atoms with Crippen LogP contribution in [-0.2, 0) is 11.3 Å². The standard InChI is InChI=1S/C24H35N5O3/c1-5-25-24(26-16-19-7-9-20(10-8-19)23(30)28(3)4)27-17-21(22-11-6-18(2)32-22)29-12-14-31-15-13-29/h6-11,21H,5,12-17H2,1-4H3,(H2,25,26,27). The van der Waals surface area contributed by atoms with Gasteiger partial charge in [-0.25, -0.2) is 4.99 Å². The van der Waals surface area contributed by atoms with Crippen molar-refractivity contribution in [2.75, 3.05) is 53.5 Å². The molecule has 32 heavy (non-hydrogen) atoms. The molecular weight excluding hydrogens is 406 g/mol. The quantitative estimate of drug-likeness (QED) is 0.484. The first kappa shape index (κ1) is 23.8. The number of hydrogen-bond donors (Lipinski definition) is 2. The largest absolute Gasteiger partial charge is 0.465 e. The van der Waals surface area contributed by atoms with Gasteiger partial charge in [0, 0.05) is 45.8 Å². The Hall–Kier alpha value is -2.84. The van der Waals surface area contributed by atoms with Gasteiger partial charge in [-0.05, 0) is 43.7 Å². The van der Waals surface area contributed by atoms with E-state index >= 15 is 0 Å². The molecule has 0 spiro atoms. The molecule has 1 unspecified atom stereocenters. The number of nitrogens with zero attached hydrogens (tertiary/aromatic N) is 3. The Balaban J connectivity index is 1.66. The Bertz CT molecular complexity index is 885. The van der Waals surface area contributed by atoms with Crippen molar-refractivity contribution < 1.29 is 13.9 Å². The van der Waals surface area contributed by atoms with Crippen LogP contribution in [0.15, 0.2) is 45.8 Å². The second-order valence-electron chi connectivity index (χ2n) is 8.09. The predicted octanol–water partition coefficient (Wildman–Crippen LogP) is 2.42. The summed E-state index contributed by atoms with van der Waals surface area (Å²) in [4.78, 5) is 20.8. The number of morpholine rings is 1. The molecule has 1 aliphatic heterocycles. The van der Waals surface area contributed by atoms with Gasteiger partial charge < -0.3 is 24.7 Å². The number of amides is 1. The van der Waals surface area contributed by atoms with Crippen LogP contribution in [0.3, 0.4) is 0 Å². The first-order valence-corrected chi connectivity index (χ1v) is 11.2. The van der Waals surface area contributed by atoms with Crippen LogP contribution < -0.4 is 10.6 Å². The molecule has 2 heterocycles. The number of furan rings is 1. The third-order valence-corrected chi connectivity index (χ3v) is 5.41. The number of carbonyl (C=O) groups excluding carboxylic acids is 1. The fraction of sp³-hybridized carbons (Fsp3) is 0.500. The maximum atomic E-state index is 12.1. The lowest BCUT2D eigenvalue weighted by Gasteiger charge is -2.33. The van der Waals surface area contributed by atoms with Crippen LogP contribution in [0.5, 0.6) is 0 Å². The highest BCUT2D eigenvalue weighted by atomic mass is 16.5. The summed E-state index contributed by atoms with van der Waals surface area (Å²) in [5.74, 6) is 2.61. The lowest BCUT2D eigenvalue weighted by atomic mass is 10.1. The molecule has 8 nitrogen and oxygen atoms in total. The van der Waals surface area contributed by atoms with Crippen LogP contribution in [0, 0.1) is 6.92 Å². The van der Waals surface area contributed by atoms with Crippen molar-refractivity contribution >= 4 is 11.9 Å². The summed E-state index contributed by atoms with van der Waals surface area (Å²) < 4.78 is 11.5. The van der Waals surface area contributed by atoms with E-state index in [-0.39, 0.29) is 11.9 Å². The predicted molar refractivity (Wildman–Crippen MR) is 126 cm³/mol. The molecule has 0 bridgehead atoms. The lowest BCUT2D eigenvalue weighted by molar-refractivity contribution is 0.0124. The maximum Gasteiger partial charge on any atom is 0.253 e. The summed E-state index contributed by atoms with van der Waals surface area (Å²) in [5, 5.41) is 6.79. The van der Waals surface area contributed by atoms with E-state index in [0.29, 0.717) is 18.7 Å². The molecule has 1 amide bonds. The fourth-order valence-electron chi connectivity index (χ4n) is 3.65. The van der Waals surface area contributed by atoms with Crippen molar-refractivity contribution in [3.05, 3.63) is 59.0 Å². The Morgan fingerprint density at radius 3 is 2.44 bits per heavy atom. The zero-order valence-corrected chi connectivity index (χ0v) is 19.6. The van der Waals surface area contributed by atoms with E-state index in [9.17, 15) is 4.79 Å². The Labute approximate surface area is 190 Å². The van der Waals surface area contributed by atoms with Gasteiger partial charge in [0.05, 0.1) is 25.8 Å². The van der Waals surface area contributed by atoms with Gasteiger partial charge in [0.15, 0.2) is 5.96 Å². The van der Waals surface area contributed by atoms with Crippen LogP contribution in [0.25, 0.3) is 0 Å². The van der Waals surface area contributed by atoms with Gasteiger partial charge in [0.1, 0.15) is 11.5 Å². The summed E-state index contributed by atoms with van der Waals surface area (Å²) in [5.41, 5.74) is 1.72. The molecule has 0 radical (unpaired) electrons. The van der Waals surface area contributed by atoms with Crippen LogP contribution in [-0.4, -0.2) is 75.2 Å². The number of aryl methyl sites for hydroxylation is 1. The normalized spacial score (nSPS) is 15.9. The second kappa shape index (κ2) is 11.7. The molecule has 0 aliphatic carbocycles. The van der Waals surface area contributed by atoms with E-state index in [1.54, 1.807) is 19.0 Å². The maximum absolute atomic E-state index is 12.1. The van der Waals surface area contributed by atoms with E-state index in [0.717, 1.165) is 55.9 Å². The summed E-state index contributed by atoms with van der Waals surface area (Å²) in [6, 6.07) is 11.8. The van der Waals surface area contributed by atoms with E-state index in [4.69, 9.17) is 14.1 Å². The molecule has 174 valence electrons. The number of nitrogens with one attached hydrogen (secondary N) is 2. The molecule has 2 N–H and O–H groups in total. The summed E-state index contributed by atoms with van der Waals surface area (Å²) >= 11 is 0.